The smallest absolute Gasteiger partial charge is 0.131 e. The van der Waals surface area contributed by atoms with Crippen LogP contribution in [0.3, 0.4) is 0 Å². The van der Waals surface area contributed by atoms with E-state index >= 15 is 0 Å². The lowest BCUT2D eigenvalue weighted by atomic mass is 9.96. The van der Waals surface area contributed by atoms with Crippen molar-refractivity contribution >= 4 is 5.57 Å². The molecular weight excluding hydrogens is 192 g/mol. The van der Waals surface area contributed by atoms with Crippen molar-refractivity contribution < 1.29 is 14.6 Å². The van der Waals surface area contributed by atoms with Gasteiger partial charge in [-0.05, 0) is 23.8 Å². The minimum absolute atomic E-state index is 0.230. The normalized spacial score (nSPS) is 17.6. The predicted molar refractivity (Wildman–Crippen MR) is 55.6 cm³/mol. The number of benzene rings is 1. The van der Waals surface area contributed by atoms with Gasteiger partial charge < -0.3 is 14.6 Å². The van der Waals surface area contributed by atoms with Gasteiger partial charge >= 0.3 is 0 Å². The van der Waals surface area contributed by atoms with Gasteiger partial charge in [0, 0.05) is 17.2 Å². The molecule has 0 spiro atoms. The van der Waals surface area contributed by atoms with Crippen molar-refractivity contribution in [3.05, 3.63) is 41.7 Å². The predicted octanol–water partition coefficient (Wildman–Crippen LogP) is 2.08. The van der Waals surface area contributed by atoms with E-state index in [0.717, 1.165) is 22.5 Å². The summed E-state index contributed by atoms with van der Waals surface area (Å²) in [5.41, 5.74) is 3.33. The van der Waals surface area contributed by atoms with Gasteiger partial charge in [0.25, 0.3) is 0 Å². The molecule has 1 aromatic carbocycles. The second-order valence-electron chi connectivity index (χ2n) is 3.60. The van der Waals surface area contributed by atoms with E-state index in [9.17, 15) is 5.11 Å². The van der Waals surface area contributed by atoms with Crippen LogP contribution < -0.4 is 4.74 Å². The van der Waals surface area contributed by atoms with E-state index in [-0.39, 0.29) is 5.75 Å². The van der Waals surface area contributed by atoms with Gasteiger partial charge in [-0.2, -0.15) is 0 Å². The van der Waals surface area contributed by atoms with E-state index in [1.54, 1.807) is 18.4 Å². The molecule has 0 aromatic heterocycles. The summed E-state index contributed by atoms with van der Waals surface area (Å²) in [4.78, 5) is 0. The van der Waals surface area contributed by atoms with Crippen molar-refractivity contribution in [3.63, 3.8) is 0 Å². The SMILES string of the molecule is Oc1ccc2c(c1)OCC1=C2C=COC1. The summed E-state index contributed by atoms with van der Waals surface area (Å²) < 4.78 is 10.8. The highest BCUT2D eigenvalue weighted by Gasteiger charge is 2.20. The van der Waals surface area contributed by atoms with Gasteiger partial charge in [-0.25, -0.2) is 0 Å². The molecule has 0 radical (unpaired) electrons. The molecule has 0 unspecified atom stereocenters. The lowest BCUT2D eigenvalue weighted by Gasteiger charge is -2.24. The van der Waals surface area contributed by atoms with Gasteiger partial charge in [0.2, 0.25) is 0 Å². The Kier molecular flexibility index (Phi) is 1.71. The highest BCUT2D eigenvalue weighted by Crippen LogP contribution is 2.37. The van der Waals surface area contributed by atoms with Crippen LogP contribution in [-0.4, -0.2) is 18.3 Å². The second kappa shape index (κ2) is 3.05. The molecule has 3 heteroatoms. The van der Waals surface area contributed by atoms with Gasteiger partial charge in [0.15, 0.2) is 0 Å². The molecule has 0 saturated heterocycles. The number of hydrogen-bond donors (Lipinski definition) is 1. The maximum atomic E-state index is 9.35. The molecule has 2 heterocycles. The summed E-state index contributed by atoms with van der Waals surface area (Å²) in [6.45, 7) is 1.13. The van der Waals surface area contributed by atoms with E-state index in [1.165, 1.54) is 0 Å². The molecule has 2 aliphatic rings. The van der Waals surface area contributed by atoms with Crippen LogP contribution in [0.1, 0.15) is 5.56 Å². The Bertz CT molecular complexity index is 472. The first kappa shape index (κ1) is 8.41. The molecule has 0 saturated carbocycles. The van der Waals surface area contributed by atoms with Crippen LogP contribution in [0.2, 0.25) is 0 Å². The lowest BCUT2D eigenvalue weighted by molar-refractivity contribution is 0.248. The van der Waals surface area contributed by atoms with Gasteiger partial charge in [-0.1, -0.05) is 0 Å². The largest absolute Gasteiger partial charge is 0.508 e. The molecule has 1 aromatic rings. The molecule has 0 fully saturated rings. The Morgan fingerprint density at radius 2 is 2.13 bits per heavy atom. The number of ether oxygens (including phenoxy) is 2. The number of phenols is 1. The molecule has 15 heavy (non-hydrogen) atoms. The van der Waals surface area contributed by atoms with Crippen LogP contribution in [0.5, 0.6) is 11.5 Å². The second-order valence-corrected chi connectivity index (χ2v) is 3.60. The first-order valence-corrected chi connectivity index (χ1v) is 4.81. The fourth-order valence-corrected chi connectivity index (χ4v) is 1.88. The molecule has 2 aliphatic heterocycles. The van der Waals surface area contributed by atoms with E-state index in [2.05, 4.69) is 0 Å². The summed E-state index contributed by atoms with van der Waals surface area (Å²) in [6, 6.07) is 5.18. The zero-order valence-electron chi connectivity index (χ0n) is 8.06. The standard InChI is InChI=1S/C12H10O3/c13-9-1-2-11-10-3-4-14-6-8(10)7-15-12(11)5-9/h1-5,13H,6-7H2. The van der Waals surface area contributed by atoms with Gasteiger partial charge in [0.1, 0.15) is 24.7 Å². The van der Waals surface area contributed by atoms with Crippen LogP contribution in [0.25, 0.3) is 5.57 Å². The van der Waals surface area contributed by atoms with E-state index in [0.29, 0.717) is 13.2 Å². The third-order valence-corrected chi connectivity index (χ3v) is 2.63. The Morgan fingerprint density at radius 1 is 1.20 bits per heavy atom. The van der Waals surface area contributed by atoms with Crippen LogP contribution >= 0.6 is 0 Å². The zero-order valence-corrected chi connectivity index (χ0v) is 8.06. The van der Waals surface area contributed by atoms with E-state index < -0.39 is 0 Å². The molecule has 1 N–H and O–H groups in total. The van der Waals surface area contributed by atoms with E-state index in [4.69, 9.17) is 9.47 Å². The number of hydrogen-bond acceptors (Lipinski definition) is 3. The number of rotatable bonds is 0. The van der Waals surface area contributed by atoms with Gasteiger partial charge in [0.05, 0.1) is 6.26 Å². The Balaban J connectivity index is 2.17. The average molecular weight is 202 g/mol. The van der Waals surface area contributed by atoms with Crippen molar-refractivity contribution in [2.75, 3.05) is 13.2 Å². The molecular formula is C12H10O3. The summed E-state index contributed by atoms with van der Waals surface area (Å²) in [5, 5.41) is 9.35. The van der Waals surface area contributed by atoms with Crippen molar-refractivity contribution in [2.24, 2.45) is 0 Å². The topological polar surface area (TPSA) is 38.7 Å². The number of allylic oxidation sites excluding steroid dienone is 2. The van der Waals surface area contributed by atoms with Crippen molar-refractivity contribution in [2.45, 2.75) is 0 Å². The highest BCUT2D eigenvalue weighted by atomic mass is 16.5. The first-order chi connectivity index (χ1) is 7.34. The van der Waals surface area contributed by atoms with Crippen LogP contribution in [0.4, 0.5) is 0 Å². The minimum atomic E-state index is 0.230. The minimum Gasteiger partial charge on any atom is -0.508 e. The maximum absolute atomic E-state index is 9.35. The molecule has 0 atom stereocenters. The number of fused-ring (bicyclic) bond motifs is 2. The highest BCUT2D eigenvalue weighted by molar-refractivity contribution is 5.82. The summed E-state index contributed by atoms with van der Waals surface area (Å²) in [7, 11) is 0. The third kappa shape index (κ3) is 1.28. The molecule has 3 nitrogen and oxygen atoms in total. The third-order valence-electron chi connectivity index (χ3n) is 2.63. The lowest BCUT2D eigenvalue weighted by Crippen LogP contribution is -2.15. The first-order valence-electron chi connectivity index (χ1n) is 4.81. The fraction of sp³-hybridized carbons (Fsp3) is 0.167. The molecule has 0 bridgehead atoms. The van der Waals surface area contributed by atoms with Gasteiger partial charge in [-0.3, -0.25) is 0 Å². The Hall–Kier alpha value is -1.90. The van der Waals surface area contributed by atoms with Crippen LogP contribution in [0.15, 0.2) is 36.1 Å². The molecule has 0 aliphatic carbocycles. The van der Waals surface area contributed by atoms with Crippen LogP contribution in [0, 0.1) is 0 Å². The van der Waals surface area contributed by atoms with Crippen molar-refractivity contribution in [1.29, 1.82) is 0 Å². The fourth-order valence-electron chi connectivity index (χ4n) is 1.88. The van der Waals surface area contributed by atoms with E-state index in [1.807, 2.05) is 12.1 Å². The summed E-state index contributed by atoms with van der Waals surface area (Å²) >= 11 is 0. The number of aromatic hydroxyl groups is 1. The zero-order chi connectivity index (χ0) is 10.3. The molecule has 0 amide bonds. The molecule has 3 rings (SSSR count). The Labute approximate surface area is 87.3 Å². The maximum Gasteiger partial charge on any atom is 0.131 e. The van der Waals surface area contributed by atoms with Gasteiger partial charge in [-0.15, -0.1) is 0 Å². The summed E-state index contributed by atoms with van der Waals surface area (Å²) in [6.07, 6.45) is 3.64. The Morgan fingerprint density at radius 3 is 3.07 bits per heavy atom. The summed E-state index contributed by atoms with van der Waals surface area (Å²) in [5.74, 6) is 0.967. The average Bonchev–Trinajstić information content (AvgIpc) is 2.28. The molecule has 76 valence electrons. The van der Waals surface area contributed by atoms with Crippen LogP contribution in [-0.2, 0) is 4.74 Å². The van der Waals surface area contributed by atoms with Crippen molar-refractivity contribution in [3.8, 4) is 11.5 Å². The van der Waals surface area contributed by atoms with Crippen molar-refractivity contribution in [1.82, 2.24) is 0 Å². The number of phenolic OH excluding ortho intramolecular Hbond substituents is 1. The monoisotopic (exact) mass is 202 g/mol. The quantitative estimate of drug-likeness (QED) is 0.700.